The molecule has 50 heavy (non-hydrogen) atoms. The Balaban J connectivity index is 1.86. The fraction of sp³-hybridized carbons (Fsp3) is 0.757. The van der Waals surface area contributed by atoms with Gasteiger partial charge in [-0.05, 0) is 75.5 Å². The number of hydrogen-bond donors (Lipinski definition) is 4. The van der Waals surface area contributed by atoms with Crippen molar-refractivity contribution in [3.8, 4) is 0 Å². The smallest absolute Gasteiger partial charge is 0.315 e. The summed E-state index contributed by atoms with van der Waals surface area (Å²) in [6.07, 6.45) is 7.77. The van der Waals surface area contributed by atoms with Gasteiger partial charge >= 0.3 is 6.03 Å². The minimum absolute atomic E-state index is 0.0364. The Morgan fingerprint density at radius 3 is 2.06 bits per heavy atom. The highest BCUT2D eigenvalue weighted by atomic mass is 32.2. The Hall–Kier alpha value is -3.22. The Morgan fingerprint density at radius 1 is 0.920 bits per heavy atom. The minimum Gasteiger partial charge on any atom is -0.349 e. The molecule has 2 saturated carbocycles. The number of urea groups is 1. The molecule has 0 aromatic heterocycles. The van der Waals surface area contributed by atoms with E-state index in [0.29, 0.717) is 32.2 Å². The normalized spacial score (nSPS) is 23.8. The zero-order valence-electron chi connectivity index (χ0n) is 31.4. The maximum Gasteiger partial charge on any atom is 0.315 e. The van der Waals surface area contributed by atoms with Gasteiger partial charge in [0.15, 0.2) is 9.84 Å². The predicted octanol–water partition coefficient (Wildman–Crippen LogP) is 3.81. The monoisotopic (exact) mass is 719 g/mol. The minimum atomic E-state index is -3.57. The molecule has 282 valence electrons. The van der Waals surface area contributed by atoms with Gasteiger partial charge in [0, 0.05) is 13.1 Å². The third-order valence-electron chi connectivity index (χ3n) is 10.9. The average molecular weight is 720 g/mol. The van der Waals surface area contributed by atoms with E-state index in [1.54, 1.807) is 32.9 Å². The lowest BCUT2D eigenvalue weighted by Gasteiger charge is -2.41. The van der Waals surface area contributed by atoms with Gasteiger partial charge in [0.05, 0.1) is 22.1 Å². The lowest BCUT2D eigenvalue weighted by molar-refractivity contribution is -0.145. The van der Waals surface area contributed by atoms with E-state index in [-0.39, 0.29) is 36.0 Å². The van der Waals surface area contributed by atoms with Crippen molar-refractivity contribution in [1.29, 1.82) is 0 Å². The molecule has 0 spiro atoms. The third-order valence-corrected chi connectivity index (χ3v) is 13.7. The van der Waals surface area contributed by atoms with E-state index in [1.165, 1.54) is 4.90 Å². The topological polar surface area (TPSA) is 171 Å². The zero-order valence-corrected chi connectivity index (χ0v) is 32.3. The third kappa shape index (κ3) is 9.36. The Kier molecular flexibility index (Phi) is 12.8. The SMILES string of the molecule is C=CCCNC(=O)C(=O)C(CCC=C)NC(=O)[C@@H]1C2[C@H](CN1C(=O)[C@@H](NC(=O)NC1(CS(=O)(=O)C(C)(C)C)CCCCC1)C(C)(C)C)C2(C)C. The molecule has 0 radical (unpaired) electrons. The van der Waals surface area contributed by atoms with Gasteiger partial charge in [0.1, 0.15) is 12.1 Å². The van der Waals surface area contributed by atoms with Gasteiger partial charge in [-0.2, -0.15) is 0 Å². The van der Waals surface area contributed by atoms with Crippen LogP contribution >= 0.6 is 0 Å². The van der Waals surface area contributed by atoms with Crippen LogP contribution in [0.2, 0.25) is 0 Å². The summed E-state index contributed by atoms with van der Waals surface area (Å²) in [6.45, 7) is 22.4. The molecular weight excluding hydrogens is 659 g/mol. The number of sulfone groups is 1. The molecule has 1 aliphatic heterocycles. The van der Waals surface area contributed by atoms with Crippen molar-refractivity contribution in [1.82, 2.24) is 26.2 Å². The highest BCUT2D eigenvalue weighted by molar-refractivity contribution is 7.92. The number of likely N-dealkylation sites (tertiary alicyclic amines) is 1. The lowest BCUT2D eigenvalue weighted by atomic mass is 9.83. The summed E-state index contributed by atoms with van der Waals surface area (Å²) in [6, 6.07) is -3.71. The fourth-order valence-corrected chi connectivity index (χ4v) is 9.01. The van der Waals surface area contributed by atoms with Crippen molar-refractivity contribution in [2.24, 2.45) is 22.7 Å². The van der Waals surface area contributed by atoms with Crippen molar-refractivity contribution in [2.75, 3.05) is 18.8 Å². The van der Waals surface area contributed by atoms with Crippen LogP contribution in [0.15, 0.2) is 25.3 Å². The number of Topliss-reactive ketones (excluding diaryl/α,β-unsaturated/α-hetero) is 1. The number of amides is 5. The van der Waals surface area contributed by atoms with E-state index in [4.69, 9.17) is 0 Å². The Bertz CT molecular complexity index is 1440. The molecule has 2 unspecified atom stereocenters. The molecule has 2 aliphatic carbocycles. The highest BCUT2D eigenvalue weighted by Gasteiger charge is 2.70. The number of ketones is 1. The van der Waals surface area contributed by atoms with Crippen LogP contribution in [0.3, 0.4) is 0 Å². The first kappa shape index (κ1) is 41.2. The lowest BCUT2D eigenvalue weighted by Crippen LogP contribution is -2.64. The number of hydrogen-bond acceptors (Lipinski definition) is 7. The van der Waals surface area contributed by atoms with Crippen LogP contribution in [0.5, 0.6) is 0 Å². The van der Waals surface area contributed by atoms with Crippen LogP contribution in [-0.4, -0.2) is 90.1 Å². The first-order valence-electron chi connectivity index (χ1n) is 18.0. The van der Waals surface area contributed by atoms with E-state index in [1.807, 2.05) is 34.6 Å². The number of piperidine rings is 1. The van der Waals surface area contributed by atoms with E-state index >= 15 is 0 Å². The molecule has 1 saturated heterocycles. The molecule has 0 aromatic rings. The van der Waals surface area contributed by atoms with Crippen molar-refractivity contribution in [3.05, 3.63) is 25.3 Å². The van der Waals surface area contributed by atoms with Gasteiger partial charge in [-0.1, -0.05) is 66.0 Å². The molecule has 3 fully saturated rings. The number of fused-ring (bicyclic) bond motifs is 1. The molecule has 1 heterocycles. The summed E-state index contributed by atoms with van der Waals surface area (Å²) in [7, 11) is -3.57. The summed E-state index contributed by atoms with van der Waals surface area (Å²) < 4.78 is 25.6. The van der Waals surface area contributed by atoms with Gasteiger partial charge in [0.25, 0.3) is 5.91 Å². The summed E-state index contributed by atoms with van der Waals surface area (Å²) >= 11 is 0. The molecule has 12 nitrogen and oxygen atoms in total. The van der Waals surface area contributed by atoms with E-state index in [0.717, 1.165) is 19.3 Å². The standard InChI is InChI=1S/C37H61N5O7S/c1-11-13-18-25(28(43)31(45)38-21-14-12-2)39-30(44)27-26-24(36(26,9)10)22-42(27)32(46)29(34(3,4)5)40-33(47)41-37(19-16-15-17-20-37)23-50(48,49)35(6,7)8/h11-12,24-27,29H,1-2,13-23H2,3-10H3,(H,38,45)(H,39,44)(H2,40,41,47)/t24-,25?,26?,27-,29+/m0/s1. The van der Waals surface area contributed by atoms with Crippen LogP contribution in [0, 0.1) is 22.7 Å². The second kappa shape index (κ2) is 15.6. The van der Waals surface area contributed by atoms with Crippen molar-refractivity contribution >= 4 is 39.4 Å². The van der Waals surface area contributed by atoms with Crippen LogP contribution in [-0.2, 0) is 29.0 Å². The second-order valence-electron chi connectivity index (χ2n) is 17.1. The quantitative estimate of drug-likeness (QED) is 0.113. The molecule has 3 rings (SSSR count). The molecule has 13 heteroatoms. The summed E-state index contributed by atoms with van der Waals surface area (Å²) in [5.41, 5.74) is -1.97. The maximum absolute atomic E-state index is 14.5. The molecule has 4 N–H and O–H groups in total. The van der Waals surface area contributed by atoms with Gasteiger partial charge < -0.3 is 26.2 Å². The number of nitrogens with zero attached hydrogens (tertiary/aromatic N) is 1. The molecule has 3 aliphatic rings. The first-order valence-corrected chi connectivity index (χ1v) is 19.6. The molecule has 0 aromatic carbocycles. The van der Waals surface area contributed by atoms with E-state index in [2.05, 4.69) is 34.4 Å². The van der Waals surface area contributed by atoms with Crippen LogP contribution in [0.1, 0.15) is 107 Å². The predicted molar refractivity (Wildman–Crippen MR) is 195 cm³/mol. The molecule has 5 atom stereocenters. The van der Waals surface area contributed by atoms with Gasteiger partial charge in [-0.25, -0.2) is 13.2 Å². The van der Waals surface area contributed by atoms with Crippen molar-refractivity contribution in [2.45, 2.75) is 135 Å². The molecule has 5 amide bonds. The Morgan fingerprint density at radius 2 is 1.52 bits per heavy atom. The van der Waals surface area contributed by atoms with Crippen LogP contribution in [0.4, 0.5) is 4.79 Å². The first-order chi connectivity index (χ1) is 23.0. The van der Waals surface area contributed by atoms with Gasteiger partial charge in [0.2, 0.25) is 17.6 Å². The maximum atomic E-state index is 14.5. The Labute approximate surface area is 299 Å². The number of allylic oxidation sites excluding steroid dienone is 1. The van der Waals surface area contributed by atoms with Crippen molar-refractivity contribution < 1.29 is 32.4 Å². The zero-order chi connectivity index (χ0) is 37.9. The highest BCUT2D eigenvalue weighted by Crippen LogP contribution is 2.65. The molecular formula is C37H61N5O7S. The number of rotatable bonds is 15. The van der Waals surface area contributed by atoms with Crippen LogP contribution in [0.25, 0.3) is 0 Å². The average Bonchev–Trinajstić information content (AvgIpc) is 3.31. The summed E-state index contributed by atoms with van der Waals surface area (Å²) in [4.78, 5) is 69.6. The number of carbonyl (C=O) groups is 5. The number of carbonyl (C=O) groups excluding carboxylic acids is 5. The van der Waals surface area contributed by atoms with Gasteiger partial charge in [-0.15, -0.1) is 13.2 Å². The number of nitrogens with one attached hydrogen (secondary N) is 4. The van der Waals surface area contributed by atoms with E-state index < -0.39 is 73.2 Å². The largest absolute Gasteiger partial charge is 0.349 e. The van der Waals surface area contributed by atoms with E-state index in [9.17, 15) is 32.4 Å². The summed E-state index contributed by atoms with van der Waals surface area (Å²) in [5.74, 6) is -2.88. The van der Waals surface area contributed by atoms with Crippen molar-refractivity contribution in [3.63, 3.8) is 0 Å². The molecule has 0 bridgehead atoms. The second-order valence-corrected chi connectivity index (χ2v) is 19.9. The van der Waals surface area contributed by atoms with Crippen LogP contribution < -0.4 is 21.3 Å². The summed E-state index contributed by atoms with van der Waals surface area (Å²) in [5, 5.41) is 11.2. The fourth-order valence-electron chi connectivity index (χ4n) is 7.49. The van der Waals surface area contributed by atoms with Gasteiger partial charge in [-0.3, -0.25) is 19.2 Å².